The van der Waals surface area contributed by atoms with Crippen LogP contribution in [0.3, 0.4) is 0 Å². The number of carbonyl (C=O) groups is 1. The molecular formula is C22H22FN3O2. The number of hydrogen-bond donors (Lipinski definition) is 1. The fraction of sp³-hybridized carbons (Fsp3) is 0.182. The van der Waals surface area contributed by atoms with Crippen LogP contribution in [0.1, 0.15) is 28.6 Å². The molecule has 0 fully saturated rings. The molecule has 5 nitrogen and oxygen atoms in total. The highest BCUT2D eigenvalue weighted by Gasteiger charge is 2.19. The lowest BCUT2D eigenvalue weighted by Gasteiger charge is -2.13. The SMILES string of the molecule is CO[C@H](C(=O)N/N=C\c1cc(C)n(-c2ccc(F)cc2)c1C)c1ccccc1. The Bertz CT molecular complexity index is 979. The summed E-state index contributed by atoms with van der Waals surface area (Å²) in [6.45, 7) is 3.91. The topological polar surface area (TPSA) is 55.6 Å². The van der Waals surface area contributed by atoms with Crippen molar-refractivity contribution in [3.05, 3.63) is 89.0 Å². The first-order valence-electron chi connectivity index (χ1n) is 8.87. The van der Waals surface area contributed by atoms with Gasteiger partial charge in [-0.3, -0.25) is 4.79 Å². The van der Waals surface area contributed by atoms with Gasteiger partial charge in [-0.15, -0.1) is 0 Å². The van der Waals surface area contributed by atoms with Crippen LogP contribution in [0.15, 0.2) is 65.8 Å². The molecule has 2 aromatic carbocycles. The molecule has 0 saturated carbocycles. The maximum Gasteiger partial charge on any atom is 0.273 e. The van der Waals surface area contributed by atoms with Gasteiger partial charge in [-0.05, 0) is 49.7 Å². The fourth-order valence-electron chi connectivity index (χ4n) is 3.15. The molecule has 0 aliphatic heterocycles. The second-order valence-electron chi connectivity index (χ2n) is 6.40. The summed E-state index contributed by atoms with van der Waals surface area (Å²) in [6.07, 6.45) is 0.864. The molecule has 6 heteroatoms. The molecule has 1 heterocycles. The highest BCUT2D eigenvalue weighted by atomic mass is 19.1. The standard InChI is InChI=1S/C22H22FN3O2/c1-15-13-18(16(2)26(15)20-11-9-19(23)10-12-20)14-24-25-22(27)21(28-3)17-7-5-4-6-8-17/h4-14,21H,1-3H3,(H,25,27)/b24-14-/t21-/m0/s1. The van der Waals surface area contributed by atoms with E-state index in [2.05, 4.69) is 10.5 Å². The Morgan fingerprint density at radius 2 is 1.82 bits per heavy atom. The van der Waals surface area contributed by atoms with Gasteiger partial charge in [0.1, 0.15) is 5.82 Å². The molecule has 1 aromatic heterocycles. The third kappa shape index (κ3) is 4.18. The van der Waals surface area contributed by atoms with Gasteiger partial charge in [-0.2, -0.15) is 5.10 Å². The lowest BCUT2D eigenvalue weighted by Crippen LogP contribution is -2.26. The number of aryl methyl sites for hydroxylation is 1. The van der Waals surface area contributed by atoms with E-state index in [1.807, 2.05) is 54.8 Å². The van der Waals surface area contributed by atoms with Gasteiger partial charge in [-0.1, -0.05) is 30.3 Å². The van der Waals surface area contributed by atoms with Crippen LogP contribution in [0.2, 0.25) is 0 Å². The largest absolute Gasteiger partial charge is 0.367 e. The van der Waals surface area contributed by atoms with Crippen molar-refractivity contribution in [2.45, 2.75) is 20.0 Å². The monoisotopic (exact) mass is 379 g/mol. The van der Waals surface area contributed by atoms with Gasteiger partial charge in [0.2, 0.25) is 0 Å². The first-order chi connectivity index (χ1) is 13.5. The average molecular weight is 379 g/mol. The molecule has 3 rings (SSSR count). The minimum absolute atomic E-state index is 0.276. The third-order valence-corrected chi connectivity index (χ3v) is 4.51. The number of amides is 1. The third-order valence-electron chi connectivity index (χ3n) is 4.51. The van der Waals surface area contributed by atoms with E-state index in [0.717, 1.165) is 28.2 Å². The molecule has 28 heavy (non-hydrogen) atoms. The summed E-state index contributed by atoms with van der Waals surface area (Å²) in [7, 11) is 1.48. The normalized spacial score (nSPS) is 12.3. The highest BCUT2D eigenvalue weighted by molar-refractivity contribution is 5.86. The molecule has 1 N–H and O–H groups in total. The minimum atomic E-state index is -0.731. The number of carbonyl (C=O) groups excluding carboxylic acids is 1. The molecule has 1 atom stereocenters. The van der Waals surface area contributed by atoms with Crippen LogP contribution >= 0.6 is 0 Å². The molecule has 0 unspecified atom stereocenters. The van der Waals surface area contributed by atoms with Gasteiger partial charge >= 0.3 is 0 Å². The quantitative estimate of drug-likeness (QED) is 0.518. The Kier molecular flexibility index (Phi) is 6.01. The van der Waals surface area contributed by atoms with Crippen LogP contribution in [-0.2, 0) is 9.53 Å². The molecule has 0 aliphatic rings. The molecule has 0 radical (unpaired) electrons. The van der Waals surface area contributed by atoms with Gasteiger partial charge in [0.15, 0.2) is 6.10 Å². The Morgan fingerprint density at radius 3 is 2.46 bits per heavy atom. The number of hydrogen-bond acceptors (Lipinski definition) is 3. The average Bonchev–Trinajstić information content (AvgIpc) is 2.97. The van der Waals surface area contributed by atoms with E-state index in [1.54, 1.807) is 18.3 Å². The predicted molar refractivity (Wildman–Crippen MR) is 107 cm³/mol. The number of benzene rings is 2. The van der Waals surface area contributed by atoms with Crippen LogP contribution in [-0.4, -0.2) is 23.8 Å². The van der Waals surface area contributed by atoms with Crippen LogP contribution in [0.25, 0.3) is 5.69 Å². The summed E-state index contributed by atoms with van der Waals surface area (Å²) < 4.78 is 20.5. The predicted octanol–water partition coefficient (Wildman–Crippen LogP) is 4.07. The Hall–Kier alpha value is -3.25. The number of methoxy groups -OCH3 is 1. The van der Waals surface area contributed by atoms with Crippen molar-refractivity contribution >= 4 is 12.1 Å². The molecular weight excluding hydrogens is 357 g/mol. The minimum Gasteiger partial charge on any atom is -0.367 e. The molecule has 0 bridgehead atoms. The second-order valence-corrected chi connectivity index (χ2v) is 6.40. The first-order valence-corrected chi connectivity index (χ1v) is 8.87. The zero-order valence-corrected chi connectivity index (χ0v) is 16.0. The molecule has 144 valence electrons. The summed E-state index contributed by atoms with van der Waals surface area (Å²) in [5.41, 5.74) is 6.93. The summed E-state index contributed by atoms with van der Waals surface area (Å²) in [4.78, 5) is 12.4. The van der Waals surface area contributed by atoms with E-state index in [-0.39, 0.29) is 11.7 Å². The number of ether oxygens (including phenoxy) is 1. The van der Waals surface area contributed by atoms with Crippen molar-refractivity contribution in [1.82, 2.24) is 9.99 Å². The van der Waals surface area contributed by atoms with Crippen LogP contribution in [0.5, 0.6) is 0 Å². The number of halogens is 1. The van der Waals surface area contributed by atoms with Gasteiger partial charge in [-0.25, -0.2) is 9.82 Å². The van der Waals surface area contributed by atoms with Gasteiger partial charge in [0.25, 0.3) is 5.91 Å². The number of aromatic nitrogens is 1. The summed E-state index contributed by atoms with van der Waals surface area (Å²) >= 11 is 0. The number of hydrazone groups is 1. The number of nitrogens with one attached hydrogen (secondary N) is 1. The zero-order chi connectivity index (χ0) is 20.1. The van der Waals surface area contributed by atoms with Crippen LogP contribution < -0.4 is 5.43 Å². The van der Waals surface area contributed by atoms with Crippen molar-refractivity contribution in [2.75, 3.05) is 7.11 Å². The van der Waals surface area contributed by atoms with Crippen molar-refractivity contribution in [1.29, 1.82) is 0 Å². The van der Waals surface area contributed by atoms with E-state index < -0.39 is 6.10 Å². The number of nitrogens with zero attached hydrogens (tertiary/aromatic N) is 2. The van der Waals surface area contributed by atoms with Gasteiger partial charge < -0.3 is 9.30 Å². The highest BCUT2D eigenvalue weighted by Crippen LogP contribution is 2.20. The molecule has 0 aliphatic carbocycles. The lowest BCUT2D eigenvalue weighted by atomic mass is 10.1. The first kappa shape index (κ1) is 19.5. The van der Waals surface area contributed by atoms with E-state index in [1.165, 1.54) is 19.2 Å². The fourth-order valence-corrected chi connectivity index (χ4v) is 3.15. The van der Waals surface area contributed by atoms with Crippen LogP contribution in [0.4, 0.5) is 4.39 Å². The van der Waals surface area contributed by atoms with E-state index in [0.29, 0.717) is 0 Å². The van der Waals surface area contributed by atoms with Crippen molar-refractivity contribution in [3.63, 3.8) is 0 Å². The zero-order valence-electron chi connectivity index (χ0n) is 16.0. The molecule has 0 spiro atoms. The second kappa shape index (κ2) is 8.63. The lowest BCUT2D eigenvalue weighted by molar-refractivity contribution is -0.131. The van der Waals surface area contributed by atoms with Crippen molar-refractivity contribution in [2.24, 2.45) is 5.10 Å². The van der Waals surface area contributed by atoms with E-state index in [9.17, 15) is 9.18 Å². The smallest absolute Gasteiger partial charge is 0.273 e. The summed E-state index contributed by atoms with van der Waals surface area (Å²) in [5, 5.41) is 4.08. The van der Waals surface area contributed by atoms with Gasteiger partial charge in [0, 0.05) is 29.7 Å². The van der Waals surface area contributed by atoms with E-state index in [4.69, 9.17) is 4.74 Å². The van der Waals surface area contributed by atoms with E-state index >= 15 is 0 Å². The molecule has 0 saturated heterocycles. The maximum absolute atomic E-state index is 13.2. The Balaban J connectivity index is 1.75. The summed E-state index contributed by atoms with van der Waals surface area (Å²) in [6, 6.07) is 17.5. The summed E-state index contributed by atoms with van der Waals surface area (Å²) in [5.74, 6) is -0.626. The van der Waals surface area contributed by atoms with Crippen molar-refractivity contribution in [3.8, 4) is 5.69 Å². The Labute approximate surface area is 163 Å². The van der Waals surface area contributed by atoms with Crippen LogP contribution in [0, 0.1) is 19.7 Å². The number of rotatable bonds is 6. The Morgan fingerprint density at radius 1 is 1.14 bits per heavy atom. The molecule has 3 aromatic rings. The van der Waals surface area contributed by atoms with Crippen molar-refractivity contribution < 1.29 is 13.9 Å². The maximum atomic E-state index is 13.2. The van der Waals surface area contributed by atoms with Gasteiger partial charge in [0.05, 0.1) is 6.21 Å². The molecule has 1 amide bonds.